The van der Waals surface area contributed by atoms with Crippen LogP contribution in [0.3, 0.4) is 0 Å². The monoisotopic (exact) mass is 328 g/mol. The lowest BCUT2D eigenvalue weighted by Gasteiger charge is -2.42. The normalized spacial score (nSPS) is 27.2. The number of nitrogens with one attached hydrogen (secondary N) is 1. The van der Waals surface area contributed by atoms with Gasteiger partial charge in [0.2, 0.25) is 0 Å². The molecule has 1 N–H and O–H groups in total. The van der Waals surface area contributed by atoms with Crippen molar-refractivity contribution in [3.05, 3.63) is 35.5 Å². The first kappa shape index (κ1) is 15.1. The number of aromatic nitrogens is 1. The lowest BCUT2D eigenvalue weighted by atomic mass is 9.66. The van der Waals surface area contributed by atoms with E-state index in [-0.39, 0.29) is 11.4 Å². The van der Waals surface area contributed by atoms with Gasteiger partial charge in [-0.1, -0.05) is 32.0 Å². The van der Waals surface area contributed by atoms with Crippen molar-refractivity contribution in [2.24, 2.45) is 0 Å². The molecule has 0 spiro atoms. The van der Waals surface area contributed by atoms with Gasteiger partial charge in [-0.2, -0.15) is 4.73 Å². The second-order valence-corrected chi connectivity index (χ2v) is 7.55. The zero-order valence-corrected chi connectivity index (χ0v) is 14.2. The molecule has 24 heavy (non-hydrogen) atoms. The van der Waals surface area contributed by atoms with Gasteiger partial charge in [-0.25, -0.2) is 9.59 Å². The molecule has 2 heterocycles. The van der Waals surface area contributed by atoms with Gasteiger partial charge in [-0.15, -0.1) is 0 Å². The van der Waals surface area contributed by atoms with Crippen molar-refractivity contribution in [2.45, 2.75) is 51.2 Å². The van der Waals surface area contributed by atoms with Crippen LogP contribution in [0, 0.1) is 0 Å². The predicted molar refractivity (Wildman–Crippen MR) is 87.6 cm³/mol. The van der Waals surface area contributed by atoms with Crippen molar-refractivity contribution in [3.63, 3.8) is 0 Å². The quantitative estimate of drug-likeness (QED) is 0.874. The Morgan fingerprint density at radius 1 is 1.33 bits per heavy atom. The van der Waals surface area contributed by atoms with E-state index in [2.05, 4.69) is 19.2 Å². The second kappa shape index (κ2) is 4.53. The van der Waals surface area contributed by atoms with Gasteiger partial charge in [0.05, 0.1) is 16.7 Å². The number of para-hydroxylation sites is 1. The van der Waals surface area contributed by atoms with Crippen LogP contribution in [0.15, 0.2) is 24.3 Å². The molecule has 2 aliphatic rings. The molecule has 6 nitrogen and oxygen atoms in total. The lowest BCUT2D eigenvalue weighted by molar-refractivity contribution is -0.141. The zero-order valence-electron chi connectivity index (χ0n) is 14.2. The first-order chi connectivity index (χ1) is 11.2. The van der Waals surface area contributed by atoms with Crippen LogP contribution in [0.5, 0.6) is 0 Å². The first-order valence-electron chi connectivity index (χ1n) is 8.04. The number of ether oxygens (including phenoxy) is 1. The standard InChI is InChI=1S/C18H20N2O4/c1-10(21)24-20-12-8-6-5-7-11(12)13-14(20)17(2,3)9-18(4)15(13)23-16(22)19-18/h5-8,15H,9H2,1-4H3,(H,19,22)/t15?,18-/m0/s1. The molecule has 1 unspecified atom stereocenters. The maximum atomic E-state index is 11.9. The van der Waals surface area contributed by atoms with Gasteiger partial charge >= 0.3 is 12.1 Å². The maximum absolute atomic E-state index is 11.9. The highest BCUT2D eigenvalue weighted by Crippen LogP contribution is 2.53. The van der Waals surface area contributed by atoms with E-state index in [1.807, 2.05) is 31.2 Å². The van der Waals surface area contributed by atoms with Gasteiger partial charge in [0, 0.05) is 23.3 Å². The Kier molecular flexibility index (Phi) is 2.84. The summed E-state index contributed by atoms with van der Waals surface area (Å²) in [6.07, 6.45) is -0.133. The van der Waals surface area contributed by atoms with Crippen LogP contribution in [-0.2, 0) is 14.9 Å². The summed E-state index contributed by atoms with van der Waals surface area (Å²) in [4.78, 5) is 29.1. The van der Waals surface area contributed by atoms with E-state index in [1.165, 1.54) is 6.92 Å². The van der Waals surface area contributed by atoms with Crippen LogP contribution >= 0.6 is 0 Å². The molecule has 2 atom stereocenters. The summed E-state index contributed by atoms with van der Waals surface area (Å²) < 4.78 is 7.22. The summed E-state index contributed by atoms with van der Waals surface area (Å²) >= 11 is 0. The Morgan fingerprint density at radius 3 is 2.75 bits per heavy atom. The van der Waals surface area contributed by atoms with Crippen LogP contribution < -0.4 is 10.2 Å². The summed E-state index contributed by atoms with van der Waals surface area (Å²) in [5.41, 5.74) is 1.81. The van der Waals surface area contributed by atoms with E-state index in [0.717, 1.165) is 22.2 Å². The molecular formula is C18H20N2O4. The number of carbonyl (C=O) groups is 2. The molecule has 1 fully saturated rings. The number of alkyl carbamates (subject to hydrolysis) is 1. The van der Waals surface area contributed by atoms with E-state index < -0.39 is 17.7 Å². The molecule has 126 valence electrons. The number of carbonyl (C=O) groups excluding carboxylic acids is 2. The Labute approximate surface area is 139 Å². The van der Waals surface area contributed by atoms with E-state index in [0.29, 0.717) is 6.42 Å². The molecule has 1 aliphatic heterocycles. The average Bonchev–Trinajstić information content (AvgIpc) is 2.93. The van der Waals surface area contributed by atoms with Gasteiger partial charge in [-0.3, -0.25) is 0 Å². The van der Waals surface area contributed by atoms with Gasteiger partial charge in [0.1, 0.15) is 0 Å². The third-order valence-corrected chi connectivity index (χ3v) is 4.99. The van der Waals surface area contributed by atoms with Crippen molar-refractivity contribution in [1.82, 2.24) is 10.0 Å². The van der Waals surface area contributed by atoms with E-state index in [4.69, 9.17) is 9.57 Å². The molecule has 0 bridgehead atoms. The van der Waals surface area contributed by atoms with Gasteiger partial charge < -0.3 is 14.9 Å². The Bertz CT molecular complexity index is 883. The predicted octanol–water partition coefficient (Wildman–Crippen LogP) is 2.84. The molecular weight excluding hydrogens is 308 g/mol. The fourth-order valence-corrected chi connectivity index (χ4v) is 4.45. The third kappa shape index (κ3) is 1.89. The number of rotatable bonds is 1. The maximum Gasteiger partial charge on any atom is 0.408 e. The molecule has 1 aromatic carbocycles. The summed E-state index contributed by atoms with van der Waals surface area (Å²) in [7, 11) is 0. The largest absolute Gasteiger partial charge is 0.439 e. The number of hydrogen-bond acceptors (Lipinski definition) is 4. The van der Waals surface area contributed by atoms with Crippen LogP contribution in [0.2, 0.25) is 0 Å². The Morgan fingerprint density at radius 2 is 2.04 bits per heavy atom. The van der Waals surface area contributed by atoms with Crippen molar-refractivity contribution in [3.8, 4) is 0 Å². The summed E-state index contributed by atoms with van der Waals surface area (Å²) in [5.74, 6) is -0.385. The molecule has 1 saturated heterocycles. The lowest BCUT2D eigenvalue weighted by Crippen LogP contribution is -2.50. The molecule has 0 saturated carbocycles. The number of hydrogen-bond donors (Lipinski definition) is 1. The van der Waals surface area contributed by atoms with Gasteiger partial charge in [0.25, 0.3) is 0 Å². The van der Waals surface area contributed by atoms with Crippen LogP contribution in [-0.4, -0.2) is 22.3 Å². The van der Waals surface area contributed by atoms with Crippen LogP contribution in [0.4, 0.5) is 4.79 Å². The van der Waals surface area contributed by atoms with Crippen molar-refractivity contribution in [2.75, 3.05) is 0 Å². The molecule has 1 aliphatic carbocycles. The average molecular weight is 328 g/mol. The highest BCUT2D eigenvalue weighted by atomic mass is 16.7. The van der Waals surface area contributed by atoms with Crippen molar-refractivity contribution in [1.29, 1.82) is 0 Å². The second-order valence-electron chi connectivity index (χ2n) is 7.55. The fourth-order valence-electron chi connectivity index (χ4n) is 4.45. The van der Waals surface area contributed by atoms with Gasteiger partial charge in [-0.05, 0) is 19.4 Å². The number of amides is 1. The number of benzene rings is 1. The fraction of sp³-hybridized carbons (Fsp3) is 0.444. The SMILES string of the molecule is CC(=O)On1c2c(c3ccccc31)C1OC(=O)N[C@@]1(C)CC2(C)C. The van der Waals surface area contributed by atoms with Crippen LogP contribution in [0.25, 0.3) is 10.9 Å². The summed E-state index contributed by atoms with van der Waals surface area (Å²) in [6.45, 7) is 7.58. The third-order valence-electron chi connectivity index (χ3n) is 4.99. The first-order valence-corrected chi connectivity index (χ1v) is 8.04. The molecule has 1 aromatic heterocycles. The Balaban J connectivity index is 2.08. The van der Waals surface area contributed by atoms with Crippen molar-refractivity contribution < 1.29 is 19.2 Å². The van der Waals surface area contributed by atoms with E-state index in [1.54, 1.807) is 4.73 Å². The minimum absolute atomic E-state index is 0.309. The number of nitrogens with zero attached hydrogens (tertiary/aromatic N) is 1. The van der Waals surface area contributed by atoms with E-state index >= 15 is 0 Å². The van der Waals surface area contributed by atoms with E-state index in [9.17, 15) is 9.59 Å². The minimum atomic E-state index is -0.487. The molecule has 2 aromatic rings. The smallest absolute Gasteiger partial charge is 0.408 e. The highest BCUT2D eigenvalue weighted by molar-refractivity contribution is 5.88. The topological polar surface area (TPSA) is 69.6 Å². The van der Waals surface area contributed by atoms with Crippen molar-refractivity contribution >= 4 is 23.0 Å². The Hall–Kier alpha value is -2.50. The number of fused-ring (bicyclic) bond motifs is 5. The molecule has 0 radical (unpaired) electrons. The molecule has 4 rings (SSSR count). The van der Waals surface area contributed by atoms with Gasteiger partial charge in [0.15, 0.2) is 6.10 Å². The summed E-state index contributed by atoms with van der Waals surface area (Å²) in [5, 5.41) is 3.90. The highest BCUT2D eigenvalue weighted by Gasteiger charge is 2.56. The zero-order chi connectivity index (χ0) is 17.3. The summed E-state index contributed by atoms with van der Waals surface area (Å²) in [6, 6.07) is 7.72. The van der Waals surface area contributed by atoms with Crippen LogP contribution in [0.1, 0.15) is 51.5 Å². The molecule has 6 heteroatoms. The molecule has 1 amide bonds. The minimum Gasteiger partial charge on any atom is -0.439 e.